The molecule has 2 heterocycles. The number of amides is 2. The van der Waals surface area contributed by atoms with Gasteiger partial charge in [-0.3, -0.25) is 14.6 Å². The molecule has 2 aromatic heterocycles. The summed E-state index contributed by atoms with van der Waals surface area (Å²) in [6.07, 6.45) is 1.52. The lowest BCUT2D eigenvalue weighted by molar-refractivity contribution is 0.0929. The van der Waals surface area contributed by atoms with Crippen LogP contribution in [-0.4, -0.2) is 29.9 Å². The Hall–Kier alpha value is -2.15. The maximum Gasteiger partial charge on any atom is 0.262 e. The summed E-state index contributed by atoms with van der Waals surface area (Å²) in [5.41, 5.74) is 1.32. The number of aromatic nitrogens is 1. The minimum Gasteiger partial charge on any atom is -0.350 e. The maximum absolute atomic E-state index is 12.3. The summed E-state index contributed by atoms with van der Waals surface area (Å²) < 4.78 is 0.854. The number of nitrogens with one attached hydrogen (secondary N) is 2. The van der Waals surface area contributed by atoms with E-state index in [2.05, 4.69) is 15.6 Å². The van der Waals surface area contributed by atoms with Crippen LogP contribution in [0, 0.1) is 6.92 Å². The van der Waals surface area contributed by atoms with Crippen LogP contribution in [0.2, 0.25) is 10.0 Å². The molecule has 0 aliphatic carbocycles. The monoisotopic (exact) mass is 407 g/mol. The molecule has 5 nitrogen and oxygen atoms in total. The molecular formula is C18H15Cl2N3O2S. The zero-order valence-electron chi connectivity index (χ0n) is 13.8. The number of nitrogens with zero attached hydrogens (tertiary/aromatic N) is 1. The predicted molar refractivity (Wildman–Crippen MR) is 105 cm³/mol. The van der Waals surface area contributed by atoms with E-state index in [4.69, 9.17) is 23.2 Å². The number of fused-ring (bicyclic) bond motifs is 1. The third-order valence-corrected chi connectivity index (χ3v) is 5.56. The number of hydrogen-bond acceptors (Lipinski definition) is 4. The molecule has 134 valence electrons. The van der Waals surface area contributed by atoms with Crippen molar-refractivity contribution in [2.45, 2.75) is 6.92 Å². The Balaban J connectivity index is 1.55. The molecule has 3 aromatic rings. The smallest absolute Gasteiger partial charge is 0.262 e. The van der Waals surface area contributed by atoms with Crippen LogP contribution in [0.5, 0.6) is 0 Å². The summed E-state index contributed by atoms with van der Waals surface area (Å²) in [6, 6.07) is 8.79. The molecule has 2 N–H and O–H groups in total. The average Bonchev–Trinajstić information content (AvgIpc) is 2.95. The molecule has 2 amide bonds. The Morgan fingerprint density at radius 1 is 1.08 bits per heavy atom. The molecule has 3 rings (SSSR count). The van der Waals surface area contributed by atoms with Gasteiger partial charge < -0.3 is 10.6 Å². The molecule has 0 saturated heterocycles. The van der Waals surface area contributed by atoms with Crippen molar-refractivity contribution in [1.29, 1.82) is 0 Å². The molecular weight excluding hydrogens is 393 g/mol. The van der Waals surface area contributed by atoms with Crippen molar-refractivity contribution in [2.75, 3.05) is 13.1 Å². The van der Waals surface area contributed by atoms with E-state index in [1.54, 1.807) is 30.3 Å². The van der Waals surface area contributed by atoms with E-state index in [-0.39, 0.29) is 18.4 Å². The van der Waals surface area contributed by atoms with Crippen LogP contribution in [0.3, 0.4) is 0 Å². The minimum absolute atomic E-state index is 0.235. The van der Waals surface area contributed by atoms with E-state index in [0.29, 0.717) is 27.0 Å². The van der Waals surface area contributed by atoms with Gasteiger partial charge >= 0.3 is 0 Å². The van der Waals surface area contributed by atoms with Crippen LogP contribution in [0.15, 0.2) is 36.5 Å². The van der Waals surface area contributed by atoms with Crippen molar-refractivity contribution in [2.24, 2.45) is 0 Å². The van der Waals surface area contributed by atoms with Crippen molar-refractivity contribution in [3.63, 3.8) is 0 Å². The van der Waals surface area contributed by atoms with Crippen molar-refractivity contribution in [3.05, 3.63) is 62.7 Å². The highest BCUT2D eigenvalue weighted by atomic mass is 35.5. The largest absolute Gasteiger partial charge is 0.350 e. The summed E-state index contributed by atoms with van der Waals surface area (Å²) in [7, 11) is 0. The van der Waals surface area contributed by atoms with E-state index in [1.165, 1.54) is 17.5 Å². The lowest BCUT2D eigenvalue weighted by atomic mass is 10.2. The van der Waals surface area contributed by atoms with Gasteiger partial charge in [0.2, 0.25) is 0 Å². The zero-order valence-corrected chi connectivity index (χ0v) is 16.1. The Labute approximate surface area is 164 Å². The van der Waals surface area contributed by atoms with E-state index in [0.717, 1.165) is 15.8 Å². The maximum atomic E-state index is 12.3. The summed E-state index contributed by atoms with van der Waals surface area (Å²) in [5, 5.41) is 7.29. The summed E-state index contributed by atoms with van der Waals surface area (Å²) in [5.74, 6) is -0.514. The molecule has 0 bridgehead atoms. The first-order chi connectivity index (χ1) is 12.5. The van der Waals surface area contributed by atoms with Gasteiger partial charge in [0.15, 0.2) is 0 Å². The van der Waals surface area contributed by atoms with Crippen LogP contribution < -0.4 is 10.6 Å². The molecule has 0 atom stereocenters. The molecule has 8 heteroatoms. The standard InChI is InChI=1S/C18H15Cl2N3O2S/c1-10-2-3-11(9-23-10)17(24)21-6-7-22-18(25)16-15(20)13-5-4-12(19)8-14(13)26-16/h2-5,8-9H,6-7H2,1H3,(H,21,24)(H,22,25). The van der Waals surface area contributed by atoms with Crippen LogP contribution >= 0.6 is 34.5 Å². The average molecular weight is 408 g/mol. The van der Waals surface area contributed by atoms with E-state index < -0.39 is 0 Å². The van der Waals surface area contributed by atoms with Crippen molar-refractivity contribution >= 4 is 56.4 Å². The highest BCUT2D eigenvalue weighted by Gasteiger charge is 2.17. The second-order valence-corrected chi connectivity index (χ2v) is 7.45. The quantitative estimate of drug-likeness (QED) is 0.626. The summed E-state index contributed by atoms with van der Waals surface area (Å²) in [6.45, 7) is 2.44. The zero-order chi connectivity index (χ0) is 18.7. The number of hydrogen-bond donors (Lipinski definition) is 2. The first-order valence-electron chi connectivity index (χ1n) is 7.82. The molecule has 0 aliphatic rings. The van der Waals surface area contributed by atoms with Crippen molar-refractivity contribution < 1.29 is 9.59 Å². The molecule has 26 heavy (non-hydrogen) atoms. The normalized spacial score (nSPS) is 10.7. The highest BCUT2D eigenvalue weighted by Crippen LogP contribution is 2.36. The lowest BCUT2D eigenvalue weighted by Crippen LogP contribution is -2.34. The van der Waals surface area contributed by atoms with Crippen LogP contribution in [0.4, 0.5) is 0 Å². The fraction of sp³-hybridized carbons (Fsp3) is 0.167. The molecule has 0 radical (unpaired) electrons. The predicted octanol–water partition coefficient (Wildman–Crippen LogP) is 4.07. The van der Waals surface area contributed by atoms with Crippen LogP contribution in [-0.2, 0) is 0 Å². The fourth-order valence-corrected chi connectivity index (χ4v) is 4.03. The second-order valence-electron chi connectivity index (χ2n) is 5.59. The Morgan fingerprint density at radius 2 is 1.81 bits per heavy atom. The molecule has 0 saturated carbocycles. The highest BCUT2D eigenvalue weighted by molar-refractivity contribution is 7.21. The first-order valence-corrected chi connectivity index (χ1v) is 9.39. The second kappa shape index (κ2) is 8.03. The number of rotatable bonds is 5. The first kappa shape index (κ1) is 18.6. The van der Waals surface area contributed by atoms with Gasteiger partial charge in [0.25, 0.3) is 11.8 Å². The topological polar surface area (TPSA) is 71.1 Å². The van der Waals surface area contributed by atoms with E-state index in [9.17, 15) is 9.59 Å². The summed E-state index contributed by atoms with van der Waals surface area (Å²) >= 11 is 13.5. The van der Waals surface area contributed by atoms with Crippen molar-refractivity contribution in [3.8, 4) is 0 Å². The third-order valence-electron chi connectivity index (χ3n) is 3.67. The molecule has 0 spiro atoms. The number of carbonyl (C=O) groups is 2. The fourth-order valence-electron chi connectivity index (χ4n) is 2.32. The van der Waals surface area contributed by atoms with Crippen LogP contribution in [0.1, 0.15) is 25.7 Å². The number of carbonyl (C=O) groups excluding carboxylic acids is 2. The van der Waals surface area contributed by atoms with Gasteiger partial charge in [-0.1, -0.05) is 29.3 Å². The Bertz CT molecular complexity index is 970. The molecule has 1 aromatic carbocycles. The number of benzene rings is 1. The SMILES string of the molecule is Cc1ccc(C(=O)NCCNC(=O)c2sc3cc(Cl)ccc3c2Cl)cn1. The van der Waals surface area contributed by atoms with Gasteiger partial charge in [-0.15, -0.1) is 11.3 Å². The van der Waals surface area contributed by atoms with Gasteiger partial charge in [-0.2, -0.15) is 0 Å². The lowest BCUT2D eigenvalue weighted by Gasteiger charge is -2.06. The number of pyridine rings is 1. The van der Waals surface area contributed by atoms with Crippen LogP contribution in [0.25, 0.3) is 10.1 Å². The van der Waals surface area contributed by atoms with Gasteiger partial charge in [0.1, 0.15) is 4.88 Å². The molecule has 0 fully saturated rings. The number of halogens is 2. The van der Waals surface area contributed by atoms with E-state index >= 15 is 0 Å². The number of aryl methyl sites for hydroxylation is 1. The summed E-state index contributed by atoms with van der Waals surface area (Å²) in [4.78, 5) is 28.8. The van der Waals surface area contributed by atoms with Gasteiger partial charge in [0.05, 0.1) is 10.6 Å². The third kappa shape index (κ3) is 4.15. The van der Waals surface area contributed by atoms with Gasteiger partial charge in [-0.05, 0) is 31.2 Å². The Kier molecular flexibility index (Phi) is 5.76. The molecule has 0 unspecified atom stereocenters. The minimum atomic E-state index is -0.279. The number of thiophene rings is 1. The Morgan fingerprint density at radius 3 is 2.50 bits per heavy atom. The van der Waals surface area contributed by atoms with Gasteiger partial charge in [-0.25, -0.2) is 0 Å². The molecule has 0 aliphatic heterocycles. The van der Waals surface area contributed by atoms with E-state index in [1.807, 2.05) is 6.92 Å². The van der Waals surface area contributed by atoms with Crippen molar-refractivity contribution in [1.82, 2.24) is 15.6 Å². The van der Waals surface area contributed by atoms with Gasteiger partial charge in [0, 0.05) is 40.1 Å².